The van der Waals surface area contributed by atoms with Gasteiger partial charge in [-0.25, -0.2) is 4.98 Å². The molecule has 6 heterocycles. The van der Waals surface area contributed by atoms with E-state index in [1.54, 1.807) is 4.90 Å². The lowest BCUT2D eigenvalue weighted by atomic mass is 9.97. The second-order valence-corrected chi connectivity index (χ2v) is 11.3. The first-order chi connectivity index (χ1) is 19.5. The number of hydrogen-bond donors (Lipinski definition) is 1. The zero-order chi connectivity index (χ0) is 27.4. The summed E-state index contributed by atoms with van der Waals surface area (Å²) in [6, 6.07) is 12.1. The smallest absolute Gasteiger partial charge is 0.255 e. The highest BCUT2D eigenvalue weighted by Gasteiger charge is 2.39. The van der Waals surface area contributed by atoms with Crippen molar-refractivity contribution >= 4 is 28.8 Å². The van der Waals surface area contributed by atoms with E-state index in [4.69, 9.17) is 9.72 Å². The van der Waals surface area contributed by atoms with E-state index in [0.717, 1.165) is 60.3 Å². The van der Waals surface area contributed by atoms with Crippen LogP contribution in [0.1, 0.15) is 53.2 Å². The van der Waals surface area contributed by atoms with Gasteiger partial charge in [0.1, 0.15) is 11.7 Å². The van der Waals surface area contributed by atoms with E-state index in [1.807, 2.05) is 18.2 Å². The van der Waals surface area contributed by atoms with Crippen molar-refractivity contribution in [2.45, 2.75) is 50.9 Å². The average molecular weight is 539 g/mol. The van der Waals surface area contributed by atoms with Gasteiger partial charge in [0, 0.05) is 48.1 Å². The molecule has 0 radical (unpaired) electrons. The predicted molar refractivity (Wildman–Crippen MR) is 145 cm³/mol. The number of rotatable bonds is 5. The van der Waals surface area contributed by atoms with Crippen LogP contribution in [0.5, 0.6) is 0 Å². The number of nitrogens with zero attached hydrogens (tertiary/aromatic N) is 5. The number of hydrogen-bond acceptors (Lipinski definition) is 7. The first-order valence-electron chi connectivity index (χ1n) is 14.0. The molecule has 10 heteroatoms. The van der Waals surface area contributed by atoms with Crippen molar-refractivity contribution in [3.63, 3.8) is 0 Å². The van der Waals surface area contributed by atoms with E-state index in [1.165, 1.54) is 5.56 Å². The molecule has 3 fully saturated rings. The van der Waals surface area contributed by atoms with Crippen molar-refractivity contribution in [1.29, 1.82) is 5.26 Å². The number of imide groups is 1. The van der Waals surface area contributed by atoms with Gasteiger partial charge in [-0.05, 0) is 67.7 Å². The number of fused-ring (bicyclic) bond motifs is 2. The number of pyridine rings is 1. The summed E-state index contributed by atoms with van der Waals surface area (Å²) in [4.78, 5) is 46.4. The lowest BCUT2D eigenvalue weighted by Crippen LogP contribution is -2.52. The second-order valence-electron chi connectivity index (χ2n) is 11.3. The Morgan fingerprint density at radius 2 is 1.90 bits per heavy atom. The van der Waals surface area contributed by atoms with E-state index < -0.39 is 11.9 Å². The van der Waals surface area contributed by atoms with Crippen LogP contribution >= 0.6 is 0 Å². The largest absolute Gasteiger partial charge is 0.377 e. The zero-order valence-electron chi connectivity index (χ0n) is 22.1. The minimum atomic E-state index is -0.639. The van der Waals surface area contributed by atoms with Crippen LogP contribution in [0.15, 0.2) is 36.5 Å². The number of piperidine rings is 2. The number of amides is 3. The molecule has 2 aromatic heterocycles. The highest BCUT2D eigenvalue weighted by Crippen LogP contribution is 2.34. The fourth-order valence-electron chi connectivity index (χ4n) is 6.35. The lowest BCUT2D eigenvalue weighted by molar-refractivity contribution is -0.136. The summed E-state index contributed by atoms with van der Waals surface area (Å²) in [5, 5.41) is 12.8. The monoisotopic (exact) mass is 538 g/mol. The van der Waals surface area contributed by atoms with Crippen LogP contribution in [0, 0.1) is 17.2 Å². The molecule has 4 aliphatic heterocycles. The number of benzene rings is 1. The SMILES string of the molecule is N#CC1CCN(Cc2cc(-c3ccc4c(c3)CN(C3CCC(=O)NC3=O)C4=O)nc3c2ccn3C2COC2)CC1. The van der Waals surface area contributed by atoms with Gasteiger partial charge in [0.15, 0.2) is 0 Å². The number of carbonyl (C=O) groups excluding carboxylic acids is 3. The molecule has 0 spiro atoms. The Hall–Kier alpha value is -4.07. The van der Waals surface area contributed by atoms with Crippen LogP contribution in [0.3, 0.4) is 0 Å². The van der Waals surface area contributed by atoms with Crippen molar-refractivity contribution in [3.05, 3.63) is 53.2 Å². The molecular weight excluding hydrogens is 508 g/mol. The van der Waals surface area contributed by atoms with Crippen LogP contribution in [0.2, 0.25) is 0 Å². The van der Waals surface area contributed by atoms with Crippen molar-refractivity contribution in [1.82, 2.24) is 24.7 Å². The van der Waals surface area contributed by atoms with Crippen LogP contribution < -0.4 is 5.32 Å². The molecule has 204 valence electrons. The Kier molecular flexibility index (Phi) is 6.13. The molecule has 10 nitrogen and oxygen atoms in total. The van der Waals surface area contributed by atoms with Gasteiger partial charge in [0.25, 0.3) is 5.91 Å². The maximum absolute atomic E-state index is 13.2. The fraction of sp³-hybridized carbons (Fsp3) is 0.433. The van der Waals surface area contributed by atoms with Gasteiger partial charge in [0.2, 0.25) is 11.8 Å². The standard InChI is InChI=1S/C30H30N6O4/c31-13-18-5-8-34(9-6-18)14-21-12-25(32-28-23(21)7-10-35(28)22-16-40-17-22)19-1-2-24-20(11-19)15-36(30(24)39)26-3-4-27(37)33-29(26)38/h1-2,7,10-12,18,22,26H,3-6,8-9,14-17H2,(H,33,37,38). The number of ether oxygens (including phenoxy) is 1. The molecule has 3 saturated heterocycles. The molecular formula is C30H30N6O4. The number of nitrogens with one attached hydrogen (secondary N) is 1. The first-order valence-corrected chi connectivity index (χ1v) is 14.0. The third kappa shape index (κ3) is 4.26. The van der Waals surface area contributed by atoms with E-state index in [-0.39, 0.29) is 30.2 Å². The fourth-order valence-corrected chi connectivity index (χ4v) is 6.35. The van der Waals surface area contributed by atoms with Crippen LogP contribution in [0.25, 0.3) is 22.3 Å². The molecule has 1 N–H and O–H groups in total. The van der Waals surface area contributed by atoms with E-state index in [9.17, 15) is 19.6 Å². The Balaban J connectivity index is 1.22. The third-order valence-corrected chi connectivity index (χ3v) is 8.77. The van der Waals surface area contributed by atoms with Gasteiger partial charge in [-0.15, -0.1) is 0 Å². The van der Waals surface area contributed by atoms with Crippen molar-refractivity contribution in [3.8, 4) is 17.3 Å². The van der Waals surface area contributed by atoms with Gasteiger partial charge >= 0.3 is 0 Å². The van der Waals surface area contributed by atoms with Crippen molar-refractivity contribution < 1.29 is 19.1 Å². The highest BCUT2D eigenvalue weighted by atomic mass is 16.5. The number of likely N-dealkylation sites (tertiary alicyclic amines) is 1. The van der Waals surface area contributed by atoms with Crippen molar-refractivity contribution in [2.24, 2.45) is 5.92 Å². The Morgan fingerprint density at radius 1 is 1.07 bits per heavy atom. The van der Waals surface area contributed by atoms with E-state index in [0.29, 0.717) is 31.7 Å². The number of nitriles is 1. The molecule has 4 aliphatic rings. The highest BCUT2D eigenvalue weighted by molar-refractivity contribution is 6.05. The quantitative estimate of drug-likeness (QED) is 0.496. The molecule has 1 atom stereocenters. The minimum Gasteiger partial charge on any atom is -0.377 e. The summed E-state index contributed by atoms with van der Waals surface area (Å²) in [5.41, 5.74) is 5.32. The maximum Gasteiger partial charge on any atom is 0.255 e. The maximum atomic E-state index is 13.2. The second kappa shape index (κ2) is 9.84. The molecule has 1 unspecified atom stereocenters. The van der Waals surface area contributed by atoms with Crippen LogP contribution in [-0.2, 0) is 27.4 Å². The normalized spacial score (nSPS) is 22.3. The summed E-state index contributed by atoms with van der Waals surface area (Å²) >= 11 is 0. The summed E-state index contributed by atoms with van der Waals surface area (Å²) in [6.07, 6.45) is 4.45. The summed E-state index contributed by atoms with van der Waals surface area (Å²) < 4.78 is 7.67. The topological polar surface area (TPSA) is 121 Å². The summed E-state index contributed by atoms with van der Waals surface area (Å²) in [5.74, 6) is -0.746. The van der Waals surface area contributed by atoms with Gasteiger partial charge < -0.3 is 14.2 Å². The molecule has 7 rings (SSSR count). The number of carbonyl (C=O) groups is 3. The van der Waals surface area contributed by atoms with Gasteiger partial charge in [-0.1, -0.05) is 6.07 Å². The van der Waals surface area contributed by atoms with Gasteiger partial charge in [0.05, 0.1) is 31.0 Å². The molecule has 0 bridgehead atoms. The zero-order valence-corrected chi connectivity index (χ0v) is 22.1. The Bertz CT molecular complexity index is 1580. The third-order valence-electron chi connectivity index (χ3n) is 8.77. The number of aromatic nitrogens is 2. The molecule has 3 aromatic rings. The van der Waals surface area contributed by atoms with Crippen LogP contribution in [-0.4, -0.2) is 69.4 Å². The predicted octanol–water partition coefficient (Wildman–Crippen LogP) is 2.77. The van der Waals surface area contributed by atoms with Crippen molar-refractivity contribution in [2.75, 3.05) is 26.3 Å². The van der Waals surface area contributed by atoms with E-state index in [2.05, 4.69) is 39.2 Å². The molecule has 0 aliphatic carbocycles. The summed E-state index contributed by atoms with van der Waals surface area (Å²) in [7, 11) is 0. The van der Waals surface area contributed by atoms with Gasteiger partial charge in [-0.2, -0.15) is 5.26 Å². The minimum absolute atomic E-state index is 0.137. The molecule has 0 saturated carbocycles. The molecule has 1 aromatic carbocycles. The van der Waals surface area contributed by atoms with E-state index >= 15 is 0 Å². The first kappa shape index (κ1) is 24.9. The summed E-state index contributed by atoms with van der Waals surface area (Å²) in [6.45, 7) is 4.24. The van der Waals surface area contributed by atoms with Gasteiger partial charge in [-0.3, -0.25) is 24.6 Å². The Labute approximate surface area is 231 Å². The molecule has 40 heavy (non-hydrogen) atoms. The molecule has 3 amide bonds. The average Bonchev–Trinajstić information content (AvgIpc) is 3.49. The lowest BCUT2D eigenvalue weighted by Gasteiger charge is -2.30. The van der Waals surface area contributed by atoms with Crippen LogP contribution in [0.4, 0.5) is 0 Å². The Morgan fingerprint density at radius 3 is 2.62 bits per heavy atom.